The lowest BCUT2D eigenvalue weighted by Gasteiger charge is -2.03. The molecule has 0 aliphatic heterocycles. The third-order valence-corrected chi connectivity index (χ3v) is 2.78. The van der Waals surface area contributed by atoms with Gasteiger partial charge in [-0.15, -0.1) is 0 Å². The molecule has 2 heterocycles. The van der Waals surface area contributed by atoms with Gasteiger partial charge >= 0.3 is 0 Å². The molecule has 0 atom stereocenters. The largest absolute Gasteiger partial charge is 0.365 e. The summed E-state index contributed by atoms with van der Waals surface area (Å²) >= 11 is 3.14. The number of aryl methyl sites for hydroxylation is 1. The zero-order chi connectivity index (χ0) is 12.4. The molecule has 3 N–H and O–H groups in total. The Kier molecular flexibility index (Phi) is 3.14. The summed E-state index contributed by atoms with van der Waals surface area (Å²) < 4.78 is 0.568. The maximum atomic E-state index is 11.8. The van der Waals surface area contributed by atoms with E-state index in [0.29, 0.717) is 10.2 Å². The minimum Gasteiger partial charge on any atom is -0.365 e. The molecule has 0 aliphatic carbocycles. The van der Waals surface area contributed by atoms with Crippen molar-refractivity contribution in [1.29, 1.82) is 0 Å². The van der Waals surface area contributed by atoms with Crippen molar-refractivity contribution < 1.29 is 4.79 Å². The van der Waals surface area contributed by atoms with Crippen LogP contribution in [-0.2, 0) is 0 Å². The van der Waals surface area contributed by atoms with E-state index in [9.17, 15) is 9.59 Å². The Morgan fingerprint density at radius 3 is 2.71 bits per heavy atom. The van der Waals surface area contributed by atoms with Crippen LogP contribution in [0, 0.1) is 6.92 Å². The molecule has 0 bridgehead atoms. The summed E-state index contributed by atoms with van der Waals surface area (Å²) in [4.78, 5) is 28.8. The third-order valence-electron chi connectivity index (χ3n) is 2.32. The number of H-pyrrole nitrogens is 2. The van der Waals surface area contributed by atoms with Gasteiger partial charge in [-0.05, 0) is 41.1 Å². The van der Waals surface area contributed by atoms with Gasteiger partial charge in [0.2, 0.25) is 0 Å². The minimum atomic E-state index is -0.346. The molecule has 0 unspecified atom stereocenters. The fourth-order valence-corrected chi connectivity index (χ4v) is 1.75. The summed E-state index contributed by atoms with van der Waals surface area (Å²) in [6.07, 6.45) is 1.68. The first kappa shape index (κ1) is 11.7. The predicted molar refractivity (Wildman–Crippen MR) is 68.2 cm³/mol. The highest BCUT2D eigenvalue weighted by molar-refractivity contribution is 9.10. The number of rotatable bonds is 2. The van der Waals surface area contributed by atoms with E-state index in [1.54, 1.807) is 31.3 Å². The molecule has 0 aromatic carbocycles. The molecular formula is C11H10BrN3O2. The van der Waals surface area contributed by atoms with Crippen molar-refractivity contribution in [1.82, 2.24) is 9.97 Å². The van der Waals surface area contributed by atoms with E-state index in [-0.39, 0.29) is 17.2 Å². The Morgan fingerprint density at radius 1 is 1.35 bits per heavy atom. The van der Waals surface area contributed by atoms with Gasteiger partial charge in [0, 0.05) is 11.9 Å². The number of aromatic amines is 2. The van der Waals surface area contributed by atoms with Gasteiger partial charge in [-0.25, -0.2) is 0 Å². The van der Waals surface area contributed by atoms with Gasteiger partial charge < -0.3 is 15.3 Å². The lowest BCUT2D eigenvalue weighted by molar-refractivity contribution is 0.102. The normalized spacial score (nSPS) is 10.2. The van der Waals surface area contributed by atoms with Crippen molar-refractivity contribution in [2.75, 3.05) is 5.32 Å². The second-order valence-electron chi connectivity index (χ2n) is 3.52. The lowest BCUT2D eigenvalue weighted by Crippen LogP contribution is -2.19. The molecular weight excluding hydrogens is 286 g/mol. The van der Waals surface area contributed by atoms with Crippen LogP contribution in [0.4, 0.5) is 5.69 Å². The number of anilines is 1. The number of aromatic nitrogens is 2. The summed E-state index contributed by atoms with van der Waals surface area (Å²) in [5.74, 6) is -0.309. The average Bonchev–Trinajstić information content (AvgIpc) is 2.68. The predicted octanol–water partition coefficient (Wildman–Crippen LogP) is 2.03. The molecule has 1 amide bonds. The molecule has 88 valence electrons. The summed E-state index contributed by atoms with van der Waals surface area (Å²) in [6, 6.07) is 4.86. The molecule has 2 rings (SSSR count). The first-order valence-electron chi connectivity index (χ1n) is 4.92. The topological polar surface area (TPSA) is 77.8 Å². The van der Waals surface area contributed by atoms with Crippen LogP contribution in [0.3, 0.4) is 0 Å². The maximum absolute atomic E-state index is 11.8. The Morgan fingerprint density at radius 2 is 2.12 bits per heavy atom. The monoisotopic (exact) mass is 295 g/mol. The summed E-state index contributed by atoms with van der Waals surface area (Å²) in [5.41, 5.74) is 1.16. The SMILES string of the molecule is Cc1[nH]ccc1C(=O)Nc1ccc(Br)[nH]c1=O. The maximum Gasteiger partial charge on any atom is 0.272 e. The van der Waals surface area contributed by atoms with Crippen LogP contribution in [0.25, 0.3) is 0 Å². The fraction of sp³-hybridized carbons (Fsp3) is 0.0909. The third kappa shape index (κ3) is 2.47. The van der Waals surface area contributed by atoms with E-state index in [1.807, 2.05) is 0 Å². The zero-order valence-corrected chi connectivity index (χ0v) is 10.6. The number of pyridine rings is 1. The molecule has 5 nitrogen and oxygen atoms in total. The molecule has 0 spiro atoms. The first-order valence-corrected chi connectivity index (χ1v) is 5.71. The summed E-state index contributed by atoms with van der Waals surface area (Å²) in [6.45, 7) is 1.79. The van der Waals surface area contributed by atoms with Gasteiger partial charge in [0.25, 0.3) is 11.5 Å². The van der Waals surface area contributed by atoms with E-state index in [2.05, 4.69) is 31.2 Å². The summed E-state index contributed by atoms with van der Waals surface area (Å²) in [5, 5.41) is 2.56. The van der Waals surface area contributed by atoms with Gasteiger partial charge in [-0.1, -0.05) is 0 Å². The molecule has 0 saturated heterocycles. The molecule has 0 fully saturated rings. The second kappa shape index (κ2) is 4.58. The zero-order valence-electron chi connectivity index (χ0n) is 9.00. The molecule has 0 radical (unpaired) electrons. The number of hydrogen-bond donors (Lipinski definition) is 3. The van der Waals surface area contributed by atoms with Crippen molar-refractivity contribution in [2.45, 2.75) is 6.92 Å². The van der Waals surface area contributed by atoms with E-state index >= 15 is 0 Å². The number of halogens is 1. The van der Waals surface area contributed by atoms with E-state index in [0.717, 1.165) is 5.69 Å². The van der Waals surface area contributed by atoms with Crippen molar-refractivity contribution in [3.8, 4) is 0 Å². The van der Waals surface area contributed by atoms with Crippen molar-refractivity contribution >= 4 is 27.5 Å². The van der Waals surface area contributed by atoms with Crippen molar-refractivity contribution in [3.63, 3.8) is 0 Å². The van der Waals surface area contributed by atoms with Crippen LogP contribution in [-0.4, -0.2) is 15.9 Å². The standard InChI is InChI=1S/C11H10BrN3O2/c1-6-7(4-5-13-6)10(16)14-8-2-3-9(12)15-11(8)17/h2-5,13H,1H3,(H,14,16)(H,15,17). The van der Waals surface area contributed by atoms with Crippen LogP contribution in [0.2, 0.25) is 0 Å². The lowest BCUT2D eigenvalue weighted by atomic mass is 10.2. The Bertz CT molecular complexity index is 615. The second-order valence-corrected chi connectivity index (χ2v) is 4.37. The fourth-order valence-electron chi connectivity index (χ4n) is 1.44. The molecule has 17 heavy (non-hydrogen) atoms. The van der Waals surface area contributed by atoms with Crippen LogP contribution in [0.5, 0.6) is 0 Å². The Labute approximate surface area is 105 Å². The number of carbonyl (C=O) groups is 1. The quantitative estimate of drug-likeness (QED) is 0.741. The molecule has 2 aromatic rings. The van der Waals surface area contributed by atoms with E-state index in [1.165, 1.54) is 0 Å². The first-order chi connectivity index (χ1) is 8.08. The molecule has 2 aromatic heterocycles. The Balaban J connectivity index is 2.25. The van der Waals surface area contributed by atoms with Gasteiger partial charge in [0.05, 0.1) is 10.2 Å². The van der Waals surface area contributed by atoms with Crippen molar-refractivity contribution in [3.05, 3.63) is 50.6 Å². The molecule has 0 aliphatic rings. The van der Waals surface area contributed by atoms with Gasteiger partial charge in [-0.3, -0.25) is 9.59 Å². The Hall–Kier alpha value is -1.82. The van der Waals surface area contributed by atoms with Crippen LogP contribution >= 0.6 is 15.9 Å². The smallest absolute Gasteiger partial charge is 0.272 e. The summed E-state index contributed by atoms with van der Waals surface area (Å²) in [7, 11) is 0. The van der Waals surface area contributed by atoms with Gasteiger partial charge in [-0.2, -0.15) is 0 Å². The highest BCUT2D eigenvalue weighted by Gasteiger charge is 2.11. The molecule has 0 saturated carbocycles. The van der Waals surface area contributed by atoms with E-state index < -0.39 is 0 Å². The number of nitrogens with one attached hydrogen (secondary N) is 3. The average molecular weight is 296 g/mol. The van der Waals surface area contributed by atoms with E-state index in [4.69, 9.17) is 0 Å². The minimum absolute atomic E-state index is 0.221. The van der Waals surface area contributed by atoms with Gasteiger partial charge in [0.1, 0.15) is 5.69 Å². The number of carbonyl (C=O) groups excluding carboxylic acids is 1. The van der Waals surface area contributed by atoms with Gasteiger partial charge in [0.15, 0.2) is 0 Å². The highest BCUT2D eigenvalue weighted by Crippen LogP contribution is 2.10. The van der Waals surface area contributed by atoms with Crippen LogP contribution in [0.1, 0.15) is 16.1 Å². The number of amides is 1. The number of hydrogen-bond acceptors (Lipinski definition) is 2. The molecule has 6 heteroatoms. The highest BCUT2D eigenvalue weighted by atomic mass is 79.9. The van der Waals surface area contributed by atoms with Crippen LogP contribution in [0.15, 0.2) is 33.8 Å². The van der Waals surface area contributed by atoms with Crippen LogP contribution < -0.4 is 10.9 Å². The van der Waals surface area contributed by atoms with Crippen molar-refractivity contribution in [2.24, 2.45) is 0 Å².